The predicted octanol–water partition coefficient (Wildman–Crippen LogP) is 2.32. The van der Waals surface area contributed by atoms with Crippen LogP contribution in [-0.4, -0.2) is 23.9 Å². The molecule has 0 N–H and O–H groups in total. The number of hydrogen-bond donors (Lipinski definition) is 0. The Bertz CT molecular complexity index is 521. The molecule has 0 bridgehead atoms. The minimum atomic E-state index is -0.774. The van der Waals surface area contributed by atoms with Crippen LogP contribution >= 0.6 is 15.9 Å². The number of carbonyl (C=O) groups excluding carboxylic acids is 1. The van der Waals surface area contributed by atoms with Crippen LogP contribution in [0.5, 0.6) is 0 Å². The molecule has 6 heteroatoms. The van der Waals surface area contributed by atoms with Crippen molar-refractivity contribution in [3.8, 4) is 6.07 Å². The minimum Gasteiger partial charge on any atom is -0.336 e. The molecule has 1 amide bonds. The van der Waals surface area contributed by atoms with Gasteiger partial charge in [-0.1, -0.05) is 0 Å². The van der Waals surface area contributed by atoms with Gasteiger partial charge in [0.15, 0.2) is 0 Å². The van der Waals surface area contributed by atoms with E-state index in [1.54, 1.807) is 0 Å². The molecule has 88 valence electrons. The van der Waals surface area contributed by atoms with Crippen molar-refractivity contribution in [2.24, 2.45) is 5.92 Å². The van der Waals surface area contributed by atoms with E-state index in [2.05, 4.69) is 15.9 Å². The van der Waals surface area contributed by atoms with Crippen LogP contribution in [0.15, 0.2) is 16.6 Å². The topological polar surface area (TPSA) is 44.1 Å². The number of carbonyl (C=O) groups is 1. The fourth-order valence-corrected chi connectivity index (χ4v) is 1.90. The van der Waals surface area contributed by atoms with E-state index in [1.807, 2.05) is 6.07 Å². The number of benzene rings is 1. The molecule has 17 heavy (non-hydrogen) atoms. The lowest BCUT2D eigenvalue weighted by Crippen LogP contribution is -2.49. The van der Waals surface area contributed by atoms with Gasteiger partial charge in [-0.2, -0.15) is 5.26 Å². The van der Waals surface area contributed by atoms with Gasteiger partial charge in [-0.3, -0.25) is 4.79 Å². The molecule has 1 aliphatic heterocycles. The lowest BCUT2D eigenvalue weighted by molar-refractivity contribution is 0.0572. The van der Waals surface area contributed by atoms with Gasteiger partial charge in [0.1, 0.15) is 11.6 Å². The number of hydrogen-bond acceptors (Lipinski definition) is 2. The third kappa shape index (κ3) is 2.15. The summed E-state index contributed by atoms with van der Waals surface area (Å²) in [5, 5.41) is 8.56. The maximum absolute atomic E-state index is 13.5. The summed E-state index contributed by atoms with van der Waals surface area (Å²) >= 11 is 2.84. The summed E-state index contributed by atoms with van der Waals surface area (Å²) in [6.45, 7) is 0.541. The van der Waals surface area contributed by atoms with Crippen LogP contribution in [-0.2, 0) is 0 Å². The first-order chi connectivity index (χ1) is 8.02. The summed E-state index contributed by atoms with van der Waals surface area (Å²) in [6.07, 6.45) is 0. The molecule has 0 radical (unpaired) electrons. The van der Waals surface area contributed by atoms with Crippen molar-refractivity contribution in [3.05, 3.63) is 33.8 Å². The minimum absolute atomic E-state index is 0.0231. The Balaban J connectivity index is 2.21. The fourth-order valence-electron chi connectivity index (χ4n) is 1.58. The average Bonchev–Trinajstić information content (AvgIpc) is 2.21. The second-order valence-corrected chi connectivity index (χ2v) is 4.64. The van der Waals surface area contributed by atoms with Gasteiger partial charge >= 0.3 is 0 Å². The molecule has 1 aliphatic rings. The SMILES string of the molecule is N#CC1CN(C(=O)c2cc(F)c(Br)cc2F)C1. The smallest absolute Gasteiger partial charge is 0.257 e. The number of nitrogens with zero attached hydrogens (tertiary/aromatic N) is 2. The molecule has 1 fully saturated rings. The van der Waals surface area contributed by atoms with Gasteiger partial charge in [-0.15, -0.1) is 0 Å². The monoisotopic (exact) mass is 300 g/mol. The van der Waals surface area contributed by atoms with Crippen LogP contribution in [0.1, 0.15) is 10.4 Å². The number of amides is 1. The Morgan fingerprint density at radius 1 is 1.41 bits per heavy atom. The molecular formula is C11H7BrF2N2O. The Morgan fingerprint density at radius 2 is 2.06 bits per heavy atom. The van der Waals surface area contributed by atoms with Crippen molar-refractivity contribution in [1.82, 2.24) is 4.90 Å². The van der Waals surface area contributed by atoms with E-state index in [0.29, 0.717) is 0 Å². The van der Waals surface area contributed by atoms with Gasteiger partial charge < -0.3 is 4.90 Å². The van der Waals surface area contributed by atoms with Crippen molar-refractivity contribution in [2.75, 3.05) is 13.1 Å². The lowest BCUT2D eigenvalue weighted by atomic mass is 10.0. The highest BCUT2D eigenvalue weighted by Crippen LogP contribution is 2.23. The van der Waals surface area contributed by atoms with Crippen LogP contribution < -0.4 is 0 Å². The van der Waals surface area contributed by atoms with Crippen LogP contribution in [0, 0.1) is 28.9 Å². The standard InChI is InChI=1S/C11H7BrF2N2O/c12-8-2-9(13)7(1-10(8)14)11(17)16-4-6(3-15)5-16/h1-2,6H,4-5H2. The summed E-state index contributed by atoms with van der Waals surface area (Å²) in [6, 6.07) is 3.79. The zero-order valence-electron chi connectivity index (χ0n) is 8.58. The van der Waals surface area contributed by atoms with E-state index in [0.717, 1.165) is 12.1 Å². The number of halogens is 3. The summed E-state index contributed by atoms with van der Waals surface area (Å²) in [4.78, 5) is 13.1. The van der Waals surface area contributed by atoms with E-state index in [9.17, 15) is 13.6 Å². The Morgan fingerprint density at radius 3 is 2.65 bits per heavy atom. The van der Waals surface area contributed by atoms with Crippen molar-refractivity contribution in [2.45, 2.75) is 0 Å². The Kier molecular flexibility index (Phi) is 3.11. The third-order valence-electron chi connectivity index (χ3n) is 2.59. The molecule has 0 atom stereocenters. The van der Waals surface area contributed by atoms with E-state index in [1.165, 1.54) is 4.90 Å². The Hall–Kier alpha value is -1.48. The van der Waals surface area contributed by atoms with E-state index in [4.69, 9.17) is 5.26 Å². The quantitative estimate of drug-likeness (QED) is 0.747. The van der Waals surface area contributed by atoms with Crippen molar-refractivity contribution in [1.29, 1.82) is 5.26 Å². The molecule has 0 spiro atoms. The van der Waals surface area contributed by atoms with Gasteiger partial charge in [-0.05, 0) is 28.1 Å². The Labute approximate surface area is 105 Å². The van der Waals surface area contributed by atoms with Crippen LogP contribution in [0.2, 0.25) is 0 Å². The van der Waals surface area contributed by atoms with E-state index >= 15 is 0 Å². The summed E-state index contributed by atoms with van der Waals surface area (Å²) in [5.74, 6) is -2.25. The van der Waals surface area contributed by atoms with Gasteiger partial charge in [0.2, 0.25) is 0 Å². The van der Waals surface area contributed by atoms with Gasteiger partial charge in [0.05, 0.1) is 22.0 Å². The molecule has 2 rings (SSSR count). The molecular weight excluding hydrogens is 294 g/mol. The van der Waals surface area contributed by atoms with Crippen LogP contribution in [0.25, 0.3) is 0 Å². The molecule has 1 aromatic rings. The highest BCUT2D eigenvalue weighted by atomic mass is 79.9. The summed E-state index contributed by atoms with van der Waals surface area (Å²) in [5.41, 5.74) is -0.304. The summed E-state index contributed by atoms with van der Waals surface area (Å²) < 4.78 is 26.7. The molecule has 1 aromatic carbocycles. The molecule has 0 aromatic heterocycles. The highest BCUT2D eigenvalue weighted by molar-refractivity contribution is 9.10. The average molecular weight is 301 g/mol. The van der Waals surface area contributed by atoms with Crippen molar-refractivity contribution < 1.29 is 13.6 Å². The maximum Gasteiger partial charge on any atom is 0.257 e. The molecule has 3 nitrogen and oxygen atoms in total. The van der Waals surface area contributed by atoms with Gasteiger partial charge in [0.25, 0.3) is 5.91 Å². The fraction of sp³-hybridized carbons (Fsp3) is 0.273. The first-order valence-electron chi connectivity index (χ1n) is 4.86. The molecule has 1 saturated heterocycles. The molecule has 0 aliphatic carbocycles. The molecule has 0 saturated carbocycles. The number of nitriles is 1. The molecule has 1 heterocycles. The predicted molar refractivity (Wildman–Crippen MR) is 59.1 cm³/mol. The normalized spacial score (nSPS) is 15.3. The number of rotatable bonds is 1. The van der Waals surface area contributed by atoms with E-state index < -0.39 is 17.5 Å². The first-order valence-corrected chi connectivity index (χ1v) is 5.65. The zero-order chi connectivity index (χ0) is 12.6. The summed E-state index contributed by atoms with van der Waals surface area (Å²) in [7, 11) is 0. The van der Waals surface area contributed by atoms with Crippen molar-refractivity contribution in [3.63, 3.8) is 0 Å². The van der Waals surface area contributed by atoms with Gasteiger partial charge in [0, 0.05) is 13.1 Å². The number of likely N-dealkylation sites (tertiary alicyclic amines) is 1. The highest BCUT2D eigenvalue weighted by Gasteiger charge is 2.32. The third-order valence-corrected chi connectivity index (χ3v) is 3.20. The second-order valence-electron chi connectivity index (χ2n) is 3.78. The zero-order valence-corrected chi connectivity index (χ0v) is 10.2. The van der Waals surface area contributed by atoms with Gasteiger partial charge in [-0.25, -0.2) is 8.78 Å². The van der Waals surface area contributed by atoms with Crippen molar-refractivity contribution >= 4 is 21.8 Å². The molecule has 0 unspecified atom stereocenters. The second kappa shape index (κ2) is 4.41. The largest absolute Gasteiger partial charge is 0.336 e. The maximum atomic E-state index is 13.5. The van der Waals surface area contributed by atoms with Crippen LogP contribution in [0.3, 0.4) is 0 Å². The first kappa shape index (κ1) is 12.0. The lowest BCUT2D eigenvalue weighted by Gasteiger charge is -2.35. The van der Waals surface area contributed by atoms with Crippen LogP contribution in [0.4, 0.5) is 8.78 Å². The van der Waals surface area contributed by atoms with E-state index in [-0.39, 0.29) is 29.0 Å².